The third kappa shape index (κ3) is 9.96. The third-order valence-electron chi connectivity index (χ3n) is 1.95. The van der Waals surface area contributed by atoms with Gasteiger partial charge in [0.05, 0.1) is 0 Å². The summed E-state index contributed by atoms with van der Waals surface area (Å²) in [5, 5.41) is 3.47. The molecule has 1 unspecified atom stereocenters. The number of hydrogen-bond donors (Lipinski definition) is 1. The van der Waals surface area contributed by atoms with Gasteiger partial charge in [0.15, 0.2) is 0 Å². The molecule has 1 N–H and O–H groups in total. The van der Waals surface area contributed by atoms with Gasteiger partial charge < -0.3 is 15.0 Å². The van der Waals surface area contributed by atoms with Crippen molar-refractivity contribution in [3.8, 4) is 0 Å². The fraction of sp³-hybridized carbons (Fsp3) is 1.00. The van der Waals surface area contributed by atoms with Crippen LogP contribution in [0.25, 0.3) is 0 Å². The number of likely N-dealkylation sites (N-methyl/N-ethyl adjacent to an activating group) is 1. The lowest BCUT2D eigenvalue weighted by molar-refractivity contribution is 0.131. The van der Waals surface area contributed by atoms with Crippen LogP contribution in [-0.4, -0.2) is 51.3 Å². The summed E-state index contributed by atoms with van der Waals surface area (Å²) in [7, 11) is 4.20. The zero-order chi connectivity index (χ0) is 10.8. The van der Waals surface area contributed by atoms with Crippen LogP contribution in [0.1, 0.15) is 26.7 Å². The van der Waals surface area contributed by atoms with Crippen molar-refractivity contribution < 1.29 is 4.74 Å². The fourth-order valence-electron chi connectivity index (χ4n) is 1.38. The Bertz CT molecular complexity index is 118. The van der Waals surface area contributed by atoms with Crippen LogP contribution in [0.3, 0.4) is 0 Å². The Kier molecular flexibility index (Phi) is 9.35. The maximum atomic E-state index is 5.40. The molecule has 0 rings (SSSR count). The van der Waals surface area contributed by atoms with Gasteiger partial charge in [0, 0.05) is 25.8 Å². The predicted octanol–water partition coefficient (Wildman–Crippen LogP) is 1.34. The summed E-state index contributed by atoms with van der Waals surface area (Å²) < 4.78 is 5.40. The minimum Gasteiger partial charge on any atom is -0.381 e. The van der Waals surface area contributed by atoms with Crippen LogP contribution >= 0.6 is 0 Å². The van der Waals surface area contributed by atoms with E-state index in [2.05, 4.69) is 38.2 Å². The first-order chi connectivity index (χ1) is 6.66. The molecule has 0 fully saturated rings. The normalized spacial score (nSPS) is 13.5. The number of hydrogen-bond acceptors (Lipinski definition) is 3. The van der Waals surface area contributed by atoms with Gasteiger partial charge in [0.2, 0.25) is 0 Å². The average Bonchev–Trinajstić information content (AvgIpc) is 2.10. The van der Waals surface area contributed by atoms with E-state index in [4.69, 9.17) is 4.74 Å². The lowest BCUT2D eigenvalue weighted by Crippen LogP contribution is -2.36. The SMILES string of the molecule is CCCOCCCNC(C)CN(C)C. The van der Waals surface area contributed by atoms with Gasteiger partial charge in [-0.25, -0.2) is 0 Å². The van der Waals surface area contributed by atoms with Crippen molar-refractivity contribution in [1.29, 1.82) is 0 Å². The molecule has 0 heterocycles. The molecule has 0 aliphatic rings. The lowest BCUT2D eigenvalue weighted by Gasteiger charge is -2.18. The van der Waals surface area contributed by atoms with Crippen LogP contribution in [0.4, 0.5) is 0 Å². The second-order valence-corrected chi connectivity index (χ2v) is 4.08. The van der Waals surface area contributed by atoms with Crippen molar-refractivity contribution in [3.05, 3.63) is 0 Å². The Hall–Kier alpha value is -0.120. The number of nitrogens with one attached hydrogen (secondary N) is 1. The first kappa shape index (κ1) is 13.9. The van der Waals surface area contributed by atoms with Crippen molar-refractivity contribution in [3.63, 3.8) is 0 Å². The van der Waals surface area contributed by atoms with Crippen LogP contribution in [0.2, 0.25) is 0 Å². The van der Waals surface area contributed by atoms with Gasteiger partial charge in [0.25, 0.3) is 0 Å². The van der Waals surface area contributed by atoms with Gasteiger partial charge in [-0.2, -0.15) is 0 Å². The summed E-state index contributed by atoms with van der Waals surface area (Å²) in [6, 6.07) is 0.566. The summed E-state index contributed by atoms with van der Waals surface area (Å²) in [5.41, 5.74) is 0. The third-order valence-corrected chi connectivity index (χ3v) is 1.95. The zero-order valence-electron chi connectivity index (χ0n) is 10.2. The number of ether oxygens (including phenoxy) is 1. The molecule has 0 aliphatic heterocycles. The van der Waals surface area contributed by atoms with Crippen LogP contribution in [-0.2, 0) is 4.74 Å². The van der Waals surface area contributed by atoms with Gasteiger partial charge in [-0.3, -0.25) is 0 Å². The highest BCUT2D eigenvalue weighted by molar-refractivity contribution is 4.62. The topological polar surface area (TPSA) is 24.5 Å². The molecule has 0 aromatic heterocycles. The second-order valence-electron chi connectivity index (χ2n) is 4.08. The Labute approximate surface area is 88.8 Å². The molecule has 3 nitrogen and oxygen atoms in total. The first-order valence-corrected chi connectivity index (χ1v) is 5.62. The minimum atomic E-state index is 0.566. The highest BCUT2D eigenvalue weighted by atomic mass is 16.5. The Balaban J connectivity index is 3.10. The van der Waals surface area contributed by atoms with Crippen LogP contribution in [0.5, 0.6) is 0 Å². The molecule has 0 bridgehead atoms. The Morgan fingerprint density at radius 2 is 2.00 bits per heavy atom. The van der Waals surface area contributed by atoms with E-state index in [1.165, 1.54) is 0 Å². The molecular weight excluding hydrogens is 176 g/mol. The molecule has 0 amide bonds. The minimum absolute atomic E-state index is 0.566. The van der Waals surface area contributed by atoms with E-state index in [9.17, 15) is 0 Å². The summed E-state index contributed by atoms with van der Waals surface area (Å²) in [6.07, 6.45) is 2.22. The van der Waals surface area contributed by atoms with E-state index in [1.54, 1.807) is 0 Å². The monoisotopic (exact) mass is 202 g/mol. The zero-order valence-corrected chi connectivity index (χ0v) is 10.2. The maximum Gasteiger partial charge on any atom is 0.0478 e. The molecule has 3 heteroatoms. The highest BCUT2D eigenvalue weighted by Crippen LogP contribution is 1.87. The summed E-state index contributed by atoms with van der Waals surface area (Å²) in [6.45, 7) is 8.28. The summed E-state index contributed by atoms with van der Waals surface area (Å²) >= 11 is 0. The van der Waals surface area contributed by atoms with E-state index in [0.29, 0.717) is 6.04 Å². The molecular formula is C11H26N2O. The van der Waals surface area contributed by atoms with Crippen molar-refractivity contribution in [1.82, 2.24) is 10.2 Å². The molecule has 0 radical (unpaired) electrons. The fourth-order valence-corrected chi connectivity index (χ4v) is 1.38. The molecule has 86 valence electrons. The van der Waals surface area contributed by atoms with Gasteiger partial charge in [-0.15, -0.1) is 0 Å². The van der Waals surface area contributed by atoms with Crippen LogP contribution in [0, 0.1) is 0 Å². The van der Waals surface area contributed by atoms with Crippen molar-refractivity contribution in [2.75, 3.05) is 40.4 Å². The first-order valence-electron chi connectivity index (χ1n) is 5.62. The number of rotatable bonds is 9. The summed E-state index contributed by atoms with van der Waals surface area (Å²) in [5.74, 6) is 0. The van der Waals surface area contributed by atoms with E-state index in [1.807, 2.05) is 0 Å². The van der Waals surface area contributed by atoms with E-state index >= 15 is 0 Å². The van der Waals surface area contributed by atoms with Crippen molar-refractivity contribution in [2.45, 2.75) is 32.7 Å². The molecule has 0 aromatic carbocycles. The lowest BCUT2D eigenvalue weighted by atomic mass is 10.3. The standard InChI is InChI=1S/C11H26N2O/c1-5-8-14-9-6-7-12-11(2)10-13(3)4/h11-12H,5-10H2,1-4H3. The molecule has 14 heavy (non-hydrogen) atoms. The number of nitrogens with zero attached hydrogens (tertiary/aromatic N) is 1. The van der Waals surface area contributed by atoms with Gasteiger partial charge in [0.1, 0.15) is 0 Å². The second kappa shape index (κ2) is 9.44. The quantitative estimate of drug-likeness (QED) is 0.571. The van der Waals surface area contributed by atoms with E-state index in [0.717, 1.165) is 39.1 Å². The average molecular weight is 202 g/mol. The molecule has 0 aliphatic carbocycles. The Morgan fingerprint density at radius 3 is 2.57 bits per heavy atom. The largest absolute Gasteiger partial charge is 0.381 e. The van der Waals surface area contributed by atoms with Crippen molar-refractivity contribution >= 4 is 0 Å². The molecule has 0 saturated carbocycles. The van der Waals surface area contributed by atoms with Crippen molar-refractivity contribution in [2.24, 2.45) is 0 Å². The summed E-state index contributed by atoms with van der Waals surface area (Å²) in [4.78, 5) is 2.20. The molecule has 0 saturated heterocycles. The molecule has 0 spiro atoms. The molecule has 1 atom stereocenters. The molecule has 0 aromatic rings. The van der Waals surface area contributed by atoms with E-state index < -0.39 is 0 Å². The maximum absolute atomic E-state index is 5.40. The van der Waals surface area contributed by atoms with E-state index in [-0.39, 0.29) is 0 Å². The van der Waals surface area contributed by atoms with Gasteiger partial charge >= 0.3 is 0 Å². The van der Waals surface area contributed by atoms with Crippen LogP contribution in [0.15, 0.2) is 0 Å². The highest BCUT2D eigenvalue weighted by Gasteiger charge is 2.00. The van der Waals surface area contributed by atoms with Gasteiger partial charge in [-0.05, 0) is 40.4 Å². The smallest absolute Gasteiger partial charge is 0.0478 e. The Morgan fingerprint density at radius 1 is 1.29 bits per heavy atom. The van der Waals surface area contributed by atoms with Crippen LogP contribution < -0.4 is 5.32 Å². The predicted molar refractivity (Wildman–Crippen MR) is 61.7 cm³/mol. The van der Waals surface area contributed by atoms with Gasteiger partial charge in [-0.1, -0.05) is 6.92 Å².